The van der Waals surface area contributed by atoms with Gasteiger partial charge in [0.1, 0.15) is 0 Å². The van der Waals surface area contributed by atoms with Crippen LogP contribution in [0.1, 0.15) is 36.5 Å². The van der Waals surface area contributed by atoms with E-state index in [4.69, 9.17) is 0 Å². The summed E-state index contributed by atoms with van der Waals surface area (Å²) in [5, 5.41) is 8.51. The summed E-state index contributed by atoms with van der Waals surface area (Å²) >= 11 is -0.0335. The molecule has 0 bridgehead atoms. The molecule has 5 aromatic rings. The van der Waals surface area contributed by atoms with E-state index in [2.05, 4.69) is 111 Å². The molecule has 0 aliphatic carbocycles. The Hall–Kier alpha value is -2.30. The number of pyridine rings is 1. The number of hydrogen-bond donors (Lipinski definition) is 0. The molecule has 0 unspecified atom stereocenters. The van der Waals surface area contributed by atoms with Gasteiger partial charge in [0.05, 0.1) is 0 Å². The van der Waals surface area contributed by atoms with Gasteiger partial charge in [-0.05, 0) is 0 Å². The van der Waals surface area contributed by atoms with Gasteiger partial charge in [-0.2, -0.15) is 0 Å². The summed E-state index contributed by atoms with van der Waals surface area (Å²) in [4.78, 5) is 2.87. The van der Waals surface area contributed by atoms with Gasteiger partial charge in [0.2, 0.25) is 0 Å². The van der Waals surface area contributed by atoms with Crippen molar-refractivity contribution in [3.8, 4) is 11.3 Å². The van der Waals surface area contributed by atoms with Crippen LogP contribution in [0.5, 0.6) is 0 Å². The number of aromatic nitrogens is 1. The van der Waals surface area contributed by atoms with E-state index in [1.807, 2.05) is 11.8 Å². The molecule has 3 heteroatoms. The molecule has 0 radical (unpaired) electrons. The van der Waals surface area contributed by atoms with Crippen molar-refractivity contribution in [1.82, 2.24) is 0 Å². The van der Waals surface area contributed by atoms with Crippen LogP contribution in [-0.2, 0) is 7.05 Å². The molecule has 0 saturated heterocycles. The predicted molar refractivity (Wildman–Crippen MR) is 156 cm³/mol. The topological polar surface area (TPSA) is 3.88 Å². The van der Waals surface area contributed by atoms with Crippen molar-refractivity contribution in [2.24, 2.45) is 7.05 Å². The van der Waals surface area contributed by atoms with Gasteiger partial charge >= 0.3 is 217 Å². The van der Waals surface area contributed by atoms with Crippen molar-refractivity contribution in [3.63, 3.8) is 0 Å². The second-order valence-corrected chi connectivity index (χ2v) is 23.3. The molecule has 0 fully saturated rings. The molecule has 6 rings (SSSR count). The molecule has 0 N–H and O–H groups in total. The molecule has 35 heavy (non-hydrogen) atoms. The summed E-state index contributed by atoms with van der Waals surface area (Å²) in [6.45, 7) is 9.25. The maximum absolute atomic E-state index is 2.53. The molecule has 1 nitrogen and oxygen atoms in total. The molecule has 1 aliphatic heterocycles. The van der Waals surface area contributed by atoms with Crippen LogP contribution < -0.4 is 8.96 Å². The first-order valence-electron chi connectivity index (χ1n) is 12.7. The minimum absolute atomic E-state index is 0.453. The van der Waals surface area contributed by atoms with Gasteiger partial charge in [0, 0.05) is 0 Å². The first-order valence-corrected chi connectivity index (χ1v) is 20.9. The Labute approximate surface area is 215 Å². The van der Waals surface area contributed by atoms with Crippen LogP contribution in [0, 0.1) is 13.8 Å². The fraction of sp³-hybridized carbons (Fsp3) is 0.281. The summed E-state index contributed by atoms with van der Waals surface area (Å²) < 4.78 is 3.97. The van der Waals surface area contributed by atoms with E-state index in [1.165, 1.54) is 70.1 Å². The van der Waals surface area contributed by atoms with E-state index in [0.29, 0.717) is 5.92 Å². The maximum atomic E-state index is 2.53. The summed E-state index contributed by atoms with van der Waals surface area (Å²) in [5.74, 6) is 7.99. The van der Waals surface area contributed by atoms with Crippen LogP contribution in [0.3, 0.4) is 0 Å². The third-order valence-corrected chi connectivity index (χ3v) is 13.3. The zero-order valence-corrected chi connectivity index (χ0v) is 25.0. The standard InChI is InChI=1S/C32H34GeNS/c1-18(2)28-22-13-12-19(3)16-24(22)20(4)29-31-30-23(14-15-34(31)8)21-10-9-11-26(33(5,6)7)25(21)17-27(30)35-32(28)29/h9-18H,1-8H3/q+1. The molecule has 2 heterocycles. The van der Waals surface area contributed by atoms with Crippen LogP contribution in [0.2, 0.25) is 17.3 Å². The Morgan fingerprint density at radius 3 is 2.31 bits per heavy atom. The van der Waals surface area contributed by atoms with Gasteiger partial charge in [-0.15, -0.1) is 0 Å². The van der Waals surface area contributed by atoms with Crippen molar-refractivity contribution < 1.29 is 4.57 Å². The summed E-state index contributed by atoms with van der Waals surface area (Å²) in [6.07, 6.45) is 2.28. The third-order valence-electron chi connectivity index (χ3n) is 7.79. The van der Waals surface area contributed by atoms with E-state index in [1.54, 1.807) is 4.40 Å². The molecular formula is C32H34GeNS+. The molecule has 0 saturated carbocycles. The third kappa shape index (κ3) is 3.33. The van der Waals surface area contributed by atoms with Crippen molar-refractivity contribution in [3.05, 3.63) is 71.4 Å². The van der Waals surface area contributed by atoms with Gasteiger partial charge in [-0.25, -0.2) is 0 Å². The average molecular weight is 537 g/mol. The van der Waals surface area contributed by atoms with Gasteiger partial charge in [0.25, 0.3) is 0 Å². The van der Waals surface area contributed by atoms with Crippen LogP contribution in [-0.4, -0.2) is 13.3 Å². The first kappa shape index (κ1) is 23.1. The summed E-state index contributed by atoms with van der Waals surface area (Å²) in [5.41, 5.74) is 7.03. The van der Waals surface area contributed by atoms with E-state index < -0.39 is 13.3 Å². The molecular weight excluding hydrogens is 503 g/mol. The number of nitrogens with zero attached hydrogens (tertiary/aromatic N) is 1. The molecule has 0 atom stereocenters. The first-order chi connectivity index (χ1) is 16.6. The zero-order valence-electron chi connectivity index (χ0n) is 22.1. The number of benzene rings is 4. The number of fused-ring (bicyclic) bond motifs is 5. The Kier molecular flexibility index (Phi) is 5.19. The Bertz CT molecular complexity index is 1710. The Balaban J connectivity index is 1.84. The van der Waals surface area contributed by atoms with Gasteiger partial charge in [-0.3, -0.25) is 0 Å². The number of hydrogen-bond acceptors (Lipinski definition) is 1. The number of aryl methyl sites for hydroxylation is 3. The van der Waals surface area contributed by atoms with E-state index in [0.717, 1.165) is 0 Å². The fourth-order valence-electron chi connectivity index (χ4n) is 6.16. The number of rotatable bonds is 2. The average Bonchev–Trinajstić information content (AvgIpc) is 2.79. The van der Waals surface area contributed by atoms with Crippen molar-refractivity contribution in [2.75, 3.05) is 0 Å². The second-order valence-electron chi connectivity index (χ2n) is 11.6. The molecule has 1 aliphatic rings. The zero-order chi connectivity index (χ0) is 24.8. The second kappa shape index (κ2) is 7.85. The van der Waals surface area contributed by atoms with Crippen LogP contribution in [0.15, 0.2) is 64.5 Å². The van der Waals surface area contributed by atoms with Crippen LogP contribution in [0.25, 0.3) is 43.6 Å². The molecule has 0 spiro atoms. The van der Waals surface area contributed by atoms with E-state index >= 15 is 0 Å². The molecule has 1 aromatic heterocycles. The van der Waals surface area contributed by atoms with Crippen LogP contribution in [0.4, 0.5) is 0 Å². The van der Waals surface area contributed by atoms with E-state index in [9.17, 15) is 0 Å². The van der Waals surface area contributed by atoms with Crippen LogP contribution >= 0.6 is 11.8 Å². The SMILES string of the molecule is Cc1ccc2c(C(C)C)c3c(c(C)c2c1)-c1c2c(cc4[c]([Ge]([CH3])([CH3])[CH3])cccc4c2cc[n+]1C)S3. The molecule has 176 valence electrons. The van der Waals surface area contributed by atoms with Gasteiger partial charge < -0.3 is 0 Å². The van der Waals surface area contributed by atoms with Crippen molar-refractivity contribution >= 4 is 61.7 Å². The summed E-state index contributed by atoms with van der Waals surface area (Å²) in [7, 11) is 2.22. The normalized spacial score (nSPS) is 13.3. The van der Waals surface area contributed by atoms with Crippen molar-refractivity contribution in [2.45, 2.75) is 60.7 Å². The van der Waals surface area contributed by atoms with Gasteiger partial charge in [-0.1, -0.05) is 0 Å². The Morgan fingerprint density at radius 2 is 1.60 bits per heavy atom. The van der Waals surface area contributed by atoms with E-state index in [-0.39, 0.29) is 0 Å². The quantitative estimate of drug-likeness (QED) is 0.122. The van der Waals surface area contributed by atoms with Crippen molar-refractivity contribution in [1.29, 1.82) is 0 Å². The molecule has 4 aromatic carbocycles. The fourth-order valence-corrected chi connectivity index (χ4v) is 11.0. The Morgan fingerprint density at radius 1 is 0.829 bits per heavy atom. The van der Waals surface area contributed by atoms with Gasteiger partial charge in [0.15, 0.2) is 0 Å². The molecule has 0 amide bonds. The predicted octanol–water partition coefficient (Wildman–Crippen LogP) is 8.39. The monoisotopic (exact) mass is 538 g/mol. The summed E-state index contributed by atoms with van der Waals surface area (Å²) in [6, 6.07) is 18.9. The minimum atomic E-state index is -2.05.